The Morgan fingerprint density at radius 2 is 2.23 bits per heavy atom. The average Bonchev–Trinajstić information content (AvgIpc) is 2.90. The minimum atomic E-state index is -0.585. The first-order valence-electron chi connectivity index (χ1n) is 6.66. The number of halogens is 1. The quantitative estimate of drug-likeness (QED) is 0.808. The lowest BCUT2D eigenvalue weighted by Gasteiger charge is -2.13. The molecule has 1 aliphatic carbocycles. The number of rotatable bonds is 3. The minimum Gasteiger partial charge on any atom is -0.364 e. The lowest BCUT2D eigenvalue weighted by atomic mass is 9.99. The summed E-state index contributed by atoms with van der Waals surface area (Å²) < 4.78 is 13.2. The van der Waals surface area contributed by atoms with Gasteiger partial charge in [0.05, 0.1) is 17.8 Å². The number of aromatic nitrogens is 2. The number of amides is 2. The molecule has 7 heteroatoms. The van der Waals surface area contributed by atoms with Crippen LogP contribution in [-0.2, 0) is 4.79 Å². The third-order valence-electron chi connectivity index (χ3n) is 3.37. The molecule has 2 amide bonds. The number of anilines is 1. The number of primary amides is 1. The van der Waals surface area contributed by atoms with Crippen LogP contribution in [0.15, 0.2) is 42.4 Å². The van der Waals surface area contributed by atoms with Crippen LogP contribution in [0.3, 0.4) is 0 Å². The number of H-pyrrole nitrogens is 1. The molecule has 0 aliphatic heterocycles. The molecule has 2 aromatic heterocycles. The summed E-state index contributed by atoms with van der Waals surface area (Å²) in [6.07, 6.45) is 6.14. The van der Waals surface area contributed by atoms with E-state index in [0.717, 1.165) is 0 Å². The van der Waals surface area contributed by atoms with Crippen LogP contribution >= 0.6 is 0 Å². The maximum Gasteiger partial charge on any atom is 0.265 e. The molecule has 3 rings (SSSR count). The Bertz CT molecular complexity index is 822. The van der Waals surface area contributed by atoms with E-state index < -0.39 is 17.7 Å². The van der Waals surface area contributed by atoms with Gasteiger partial charge in [-0.2, -0.15) is 0 Å². The fraction of sp³-hybridized carbons (Fsp3) is 0.133. The van der Waals surface area contributed by atoms with Crippen molar-refractivity contribution in [2.75, 3.05) is 5.32 Å². The van der Waals surface area contributed by atoms with Crippen LogP contribution in [0.1, 0.15) is 16.9 Å². The summed E-state index contributed by atoms with van der Waals surface area (Å²) in [6.45, 7) is 0. The number of carbonyl (C=O) groups excluding carboxylic acids is 2. The van der Waals surface area contributed by atoms with Gasteiger partial charge in [0.1, 0.15) is 17.2 Å². The van der Waals surface area contributed by atoms with Crippen LogP contribution in [-0.4, -0.2) is 21.8 Å². The van der Waals surface area contributed by atoms with E-state index in [1.165, 1.54) is 18.3 Å². The molecule has 0 saturated heterocycles. The molecular weight excluding hydrogens is 287 g/mol. The van der Waals surface area contributed by atoms with E-state index in [-0.39, 0.29) is 11.6 Å². The highest BCUT2D eigenvalue weighted by atomic mass is 19.1. The van der Waals surface area contributed by atoms with Crippen LogP contribution < -0.4 is 11.1 Å². The first-order chi connectivity index (χ1) is 10.5. The fourth-order valence-corrected chi connectivity index (χ4v) is 2.28. The monoisotopic (exact) mass is 300 g/mol. The van der Waals surface area contributed by atoms with Gasteiger partial charge in [-0.05, 0) is 30.7 Å². The van der Waals surface area contributed by atoms with Gasteiger partial charge in [0.15, 0.2) is 0 Å². The highest BCUT2D eigenvalue weighted by molar-refractivity contribution is 5.98. The van der Waals surface area contributed by atoms with Crippen molar-refractivity contribution in [2.45, 2.75) is 6.42 Å². The van der Waals surface area contributed by atoms with Crippen LogP contribution in [0, 0.1) is 5.92 Å². The van der Waals surface area contributed by atoms with E-state index >= 15 is 0 Å². The predicted molar refractivity (Wildman–Crippen MR) is 79.7 cm³/mol. The normalized spacial score (nSPS) is 17.3. The van der Waals surface area contributed by atoms with E-state index in [2.05, 4.69) is 15.3 Å². The van der Waals surface area contributed by atoms with Crippen molar-refractivity contribution in [2.24, 2.45) is 11.7 Å². The van der Waals surface area contributed by atoms with Gasteiger partial charge >= 0.3 is 0 Å². The van der Waals surface area contributed by atoms with E-state index in [4.69, 9.17) is 5.73 Å². The predicted octanol–water partition coefficient (Wildman–Crippen LogP) is 2.03. The number of nitrogens with zero attached hydrogens (tertiary/aromatic N) is 1. The third-order valence-corrected chi connectivity index (χ3v) is 3.37. The topological polar surface area (TPSA) is 101 Å². The standard InChI is InChI=1S/C15H13FN4O2/c16-10-3-1-2-8(4-10)15(22)19-11-5-9-6-12(13(17)21)20-14(9)18-7-11/h1,3-8H,2H2,(H2,17,21)(H,18,20)(H,19,22). The summed E-state index contributed by atoms with van der Waals surface area (Å²) >= 11 is 0. The first kappa shape index (κ1) is 14.0. The number of aromatic amines is 1. The Balaban J connectivity index is 1.80. The van der Waals surface area contributed by atoms with Crippen LogP contribution in [0.5, 0.6) is 0 Å². The van der Waals surface area contributed by atoms with Crippen molar-refractivity contribution in [3.63, 3.8) is 0 Å². The highest BCUT2D eigenvalue weighted by Crippen LogP contribution is 2.21. The maximum absolute atomic E-state index is 13.2. The first-order valence-corrected chi connectivity index (χ1v) is 6.66. The summed E-state index contributed by atoms with van der Waals surface area (Å²) in [6, 6.07) is 3.23. The second-order valence-electron chi connectivity index (χ2n) is 4.99. The Morgan fingerprint density at radius 3 is 2.95 bits per heavy atom. The van der Waals surface area contributed by atoms with Crippen molar-refractivity contribution >= 4 is 28.5 Å². The molecule has 0 spiro atoms. The molecule has 0 radical (unpaired) electrons. The summed E-state index contributed by atoms with van der Waals surface area (Å²) in [5.41, 5.74) is 6.40. The Labute approximate surface area is 124 Å². The molecule has 4 N–H and O–H groups in total. The molecule has 22 heavy (non-hydrogen) atoms. The van der Waals surface area contributed by atoms with Crippen molar-refractivity contribution in [1.29, 1.82) is 0 Å². The molecule has 1 aliphatic rings. The Kier molecular flexibility index (Phi) is 3.46. The zero-order valence-corrected chi connectivity index (χ0v) is 11.5. The number of carbonyl (C=O) groups is 2. The highest BCUT2D eigenvalue weighted by Gasteiger charge is 2.18. The van der Waals surface area contributed by atoms with Gasteiger partial charge in [0, 0.05) is 5.39 Å². The van der Waals surface area contributed by atoms with Crippen molar-refractivity contribution < 1.29 is 14.0 Å². The van der Waals surface area contributed by atoms with Crippen molar-refractivity contribution in [1.82, 2.24) is 9.97 Å². The fourth-order valence-electron chi connectivity index (χ4n) is 2.28. The van der Waals surface area contributed by atoms with Crippen molar-refractivity contribution in [3.05, 3.63) is 48.1 Å². The van der Waals surface area contributed by atoms with Crippen LogP contribution in [0.2, 0.25) is 0 Å². The van der Waals surface area contributed by atoms with Gasteiger partial charge in [-0.25, -0.2) is 9.37 Å². The molecular formula is C15H13FN4O2. The van der Waals surface area contributed by atoms with Gasteiger partial charge < -0.3 is 16.0 Å². The number of nitrogens with one attached hydrogen (secondary N) is 2. The summed E-state index contributed by atoms with van der Waals surface area (Å²) in [7, 11) is 0. The molecule has 0 fully saturated rings. The number of allylic oxidation sites excluding steroid dienone is 3. The average molecular weight is 300 g/mol. The third kappa shape index (κ3) is 2.73. The van der Waals surface area contributed by atoms with Crippen LogP contribution in [0.25, 0.3) is 11.0 Å². The van der Waals surface area contributed by atoms with Crippen LogP contribution in [0.4, 0.5) is 10.1 Å². The lowest BCUT2D eigenvalue weighted by Crippen LogP contribution is -2.22. The van der Waals surface area contributed by atoms with E-state index in [1.54, 1.807) is 18.2 Å². The minimum absolute atomic E-state index is 0.244. The van der Waals surface area contributed by atoms with E-state index in [0.29, 0.717) is 23.1 Å². The molecule has 0 aromatic carbocycles. The van der Waals surface area contributed by atoms with Gasteiger partial charge in [0.2, 0.25) is 5.91 Å². The van der Waals surface area contributed by atoms with Crippen molar-refractivity contribution in [3.8, 4) is 0 Å². The molecule has 0 saturated carbocycles. The molecule has 2 heterocycles. The lowest BCUT2D eigenvalue weighted by molar-refractivity contribution is -0.118. The zero-order valence-electron chi connectivity index (χ0n) is 11.5. The molecule has 0 bridgehead atoms. The van der Waals surface area contributed by atoms with E-state index in [1.807, 2.05) is 0 Å². The molecule has 1 atom stereocenters. The molecule has 6 nitrogen and oxygen atoms in total. The summed E-state index contributed by atoms with van der Waals surface area (Å²) in [5, 5.41) is 3.34. The Morgan fingerprint density at radius 1 is 1.41 bits per heavy atom. The smallest absolute Gasteiger partial charge is 0.265 e. The van der Waals surface area contributed by atoms with Gasteiger partial charge in [-0.1, -0.05) is 6.08 Å². The SMILES string of the molecule is NC(=O)c1cc2cc(NC(=O)C3C=C(F)C=CC3)cnc2[nH]1. The summed E-state index contributed by atoms with van der Waals surface area (Å²) in [4.78, 5) is 30.1. The molecule has 1 unspecified atom stereocenters. The number of pyridine rings is 1. The van der Waals surface area contributed by atoms with Gasteiger partial charge in [0.25, 0.3) is 5.91 Å². The molecule has 2 aromatic rings. The summed E-state index contributed by atoms with van der Waals surface area (Å²) in [5.74, 6) is -1.87. The number of nitrogens with two attached hydrogens (primary N) is 1. The number of hydrogen-bond donors (Lipinski definition) is 3. The maximum atomic E-state index is 13.2. The zero-order chi connectivity index (χ0) is 15.7. The second kappa shape index (κ2) is 5.44. The van der Waals surface area contributed by atoms with Gasteiger partial charge in [-0.15, -0.1) is 0 Å². The molecule has 112 valence electrons. The Hall–Kier alpha value is -2.96. The van der Waals surface area contributed by atoms with Gasteiger partial charge in [-0.3, -0.25) is 9.59 Å². The largest absolute Gasteiger partial charge is 0.364 e. The second-order valence-corrected chi connectivity index (χ2v) is 4.99. The number of hydrogen-bond acceptors (Lipinski definition) is 3. The van der Waals surface area contributed by atoms with E-state index in [9.17, 15) is 14.0 Å². The number of fused-ring (bicyclic) bond motifs is 1.